The van der Waals surface area contributed by atoms with Crippen molar-refractivity contribution in [2.45, 2.75) is 26.7 Å². The molecule has 2 aliphatic rings. The van der Waals surface area contributed by atoms with Crippen molar-refractivity contribution in [2.24, 2.45) is 17.6 Å². The molecule has 0 aliphatic carbocycles. The topological polar surface area (TPSA) is 60.2 Å². The third-order valence-corrected chi connectivity index (χ3v) is 3.67. The largest absolute Gasteiger partial charge is 0.381 e. The maximum Gasteiger partial charge on any atom is 0.0510 e. The molecule has 2 fully saturated rings. The molecule has 2 saturated heterocycles. The molecule has 0 saturated carbocycles. The molecule has 2 atom stereocenters. The number of aryl methyl sites for hydroxylation is 1. The lowest BCUT2D eigenvalue weighted by Crippen LogP contribution is -2.11. The minimum atomic E-state index is 0.542. The maximum absolute atomic E-state index is 5.27. The van der Waals surface area contributed by atoms with Crippen LogP contribution < -0.4 is 11.1 Å². The van der Waals surface area contributed by atoms with E-state index in [1.54, 1.807) is 0 Å². The van der Waals surface area contributed by atoms with E-state index in [1.807, 2.05) is 12.3 Å². The summed E-state index contributed by atoms with van der Waals surface area (Å²) in [6.45, 7) is 10.8. The Bertz CT molecular complexity index is 362. The number of fused-ring (bicyclic) bond motifs is 1. The van der Waals surface area contributed by atoms with Gasteiger partial charge in [0.1, 0.15) is 0 Å². The van der Waals surface area contributed by atoms with Crippen LogP contribution >= 0.6 is 0 Å². The minimum absolute atomic E-state index is 0.542. The molecule has 0 bridgehead atoms. The van der Waals surface area contributed by atoms with Crippen LogP contribution in [0, 0.1) is 18.8 Å². The average Bonchev–Trinajstić information content (AvgIpc) is 3.05. The molecule has 3 rings (SSSR count). The van der Waals surface area contributed by atoms with Crippen LogP contribution in [0.25, 0.3) is 0 Å². The van der Waals surface area contributed by atoms with E-state index in [1.165, 1.54) is 31.4 Å². The van der Waals surface area contributed by atoms with E-state index in [0.717, 1.165) is 25.0 Å². The van der Waals surface area contributed by atoms with E-state index in [9.17, 15) is 0 Å². The first-order valence-corrected chi connectivity index (χ1v) is 7.45. The quantitative estimate of drug-likeness (QED) is 0.825. The second-order valence-electron chi connectivity index (χ2n) is 5.63. The summed E-state index contributed by atoms with van der Waals surface area (Å²) in [6.07, 6.45) is 1.87. The molecular weight excluding hydrogens is 250 g/mol. The van der Waals surface area contributed by atoms with Gasteiger partial charge in [0, 0.05) is 36.8 Å². The van der Waals surface area contributed by atoms with Crippen LogP contribution in [0.5, 0.6) is 0 Å². The Morgan fingerprint density at radius 1 is 1.25 bits per heavy atom. The van der Waals surface area contributed by atoms with Crippen molar-refractivity contribution in [3.63, 3.8) is 0 Å². The summed E-state index contributed by atoms with van der Waals surface area (Å²) in [5.74, 6) is 2.23. The average molecular weight is 279 g/mol. The minimum Gasteiger partial charge on any atom is -0.381 e. The van der Waals surface area contributed by atoms with Crippen molar-refractivity contribution >= 4 is 0 Å². The first kappa shape index (κ1) is 17.1. The van der Waals surface area contributed by atoms with Crippen molar-refractivity contribution in [3.05, 3.63) is 29.6 Å². The van der Waals surface area contributed by atoms with Crippen molar-refractivity contribution in [3.8, 4) is 0 Å². The van der Waals surface area contributed by atoms with E-state index in [0.29, 0.717) is 5.92 Å². The molecule has 3 heterocycles. The molecule has 2 unspecified atom stereocenters. The Kier molecular flexibility index (Phi) is 7.73. The monoisotopic (exact) mass is 279 g/mol. The molecule has 114 valence electrons. The van der Waals surface area contributed by atoms with Crippen LogP contribution in [0.4, 0.5) is 0 Å². The molecule has 0 radical (unpaired) electrons. The van der Waals surface area contributed by atoms with Gasteiger partial charge in [-0.1, -0.05) is 13.8 Å². The summed E-state index contributed by atoms with van der Waals surface area (Å²) in [5, 5.41) is 3.34. The van der Waals surface area contributed by atoms with E-state index in [-0.39, 0.29) is 0 Å². The molecule has 0 spiro atoms. The molecule has 3 N–H and O–H groups in total. The van der Waals surface area contributed by atoms with Gasteiger partial charge in [-0.15, -0.1) is 0 Å². The van der Waals surface area contributed by atoms with E-state index < -0.39 is 0 Å². The summed E-state index contributed by atoms with van der Waals surface area (Å²) < 4.78 is 5.27. The van der Waals surface area contributed by atoms with Gasteiger partial charge in [0.15, 0.2) is 0 Å². The lowest BCUT2D eigenvalue weighted by atomic mass is 10.0. The number of pyridine rings is 1. The van der Waals surface area contributed by atoms with Crippen molar-refractivity contribution < 1.29 is 4.74 Å². The number of ether oxygens (including phenoxy) is 1. The Balaban J connectivity index is 0.000000181. The fourth-order valence-electron chi connectivity index (χ4n) is 2.42. The molecule has 4 heteroatoms. The molecule has 2 aliphatic heterocycles. The van der Waals surface area contributed by atoms with Crippen LogP contribution in [0.1, 0.15) is 31.0 Å². The summed E-state index contributed by atoms with van der Waals surface area (Å²) in [5.41, 5.74) is 6.97. The van der Waals surface area contributed by atoms with Gasteiger partial charge in [-0.2, -0.15) is 0 Å². The lowest BCUT2D eigenvalue weighted by molar-refractivity contribution is 0.175. The Labute approximate surface area is 123 Å². The van der Waals surface area contributed by atoms with Crippen LogP contribution in [0.3, 0.4) is 0 Å². The number of nitrogens with two attached hydrogens (primary N) is 1. The molecular formula is C16H29N3O. The lowest BCUT2D eigenvalue weighted by Gasteiger charge is -2.03. The first-order valence-electron chi connectivity index (χ1n) is 7.45. The standard InChI is InChI=1S/C9H13N.C6H11NO.CH5N/c1-7(2)9-6-8(3)4-5-10-9;1-5-3-8-4-6(5)2-7-1;1-2/h4-7H,1-3H3;5-7H,1-4H2;2H2,1H3. The number of hydrogen-bond donors (Lipinski definition) is 2. The SMILES string of the molecule is C1NCC2COCC12.CN.Cc1ccnc(C(C)C)c1. The number of nitrogens with one attached hydrogen (secondary N) is 1. The molecule has 1 aromatic rings. The van der Waals surface area contributed by atoms with Crippen LogP contribution in [-0.2, 0) is 4.74 Å². The number of rotatable bonds is 1. The second-order valence-corrected chi connectivity index (χ2v) is 5.63. The third-order valence-electron chi connectivity index (χ3n) is 3.67. The molecule has 0 aromatic carbocycles. The highest BCUT2D eigenvalue weighted by Gasteiger charge is 2.31. The normalized spacial score (nSPS) is 23.5. The first-order chi connectivity index (χ1) is 9.66. The van der Waals surface area contributed by atoms with Crippen LogP contribution in [0.2, 0.25) is 0 Å². The highest BCUT2D eigenvalue weighted by Crippen LogP contribution is 2.22. The van der Waals surface area contributed by atoms with Crippen molar-refractivity contribution in [2.75, 3.05) is 33.4 Å². The van der Waals surface area contributed by atoms with Gasteiger partial charge in [-0.3, -0.25) is 4.98 Å². The Morgan fingerprint density at radius 3 is 2.30 bits per heavy atom. The Morgan fingerprint density at radius 2 is 1.85 bits per heavy atom. The van der Waals surface area contributed by atoms with Crippen molar-refractivity contribution in [1.82, 2.24) is 10.3 Å². The zero-order chi connectivity index (χ0) is 15.0. The summed E-state index contributed by atoms with van der Waals surface area (Å²) in [6, 6.07) is 4.15. The molecule has 1 aromatic heterocycles. The molecule has 0 amide bonds. The zero-order valence-electron chi connectivity index (χ0n) is 13.2. The fourth-order valence-corrected chi connectivity index (χ4v) is 2.42. The third kappa shape index (κ3) is 5.19. The van der Waals surface area contributed by atoms with Crippen LogP contribution in [0.15, 0.2) is 18.3 Å². The second kappa shape index (κ2) is 9.06. The van der Waals surface area contributed by atoms with Gasteiger partial charge in [0.25, 0.3) is 0 Å². The van der Waals surface area contributed by atoms with Gasteiger partial charge in [-0.05, 0) is 37.6 Å². The zero-order valence-corrected chi connectivity index (χ0v) is 13.2. The van der Waals surface area contributed by atoms with E-state index in [4.69, 9.17) is 4.74 Å². The smallest absolute Gasteiger partial charge is 0.0510 e. The molecule has 20 heavy (non-hydrogen) atoms. The number of aromatic nitrogens is 1. The summed E-state index contributed by atoms with van der Waals surface area (Å²) >= 11 is 0. The van der Waals surface area contributed by atoms with Gasteiger partial charge in [-0.25, -0.2) is 0 Å². The number of hydrogen-bond acceptors (Lipinski definition) is 4. The summed E-state index contributed by atoms with van der Waals surface area (Å²) in [7, 11) is 1.50. The highest BCUT2D eigenvalue weighted by atomic mass is 16.5. The summed E-state index contributed by atoms with van der Waals surface area (Å²) in [4.78, 5) is 4.24. The van der Waals surface area contributed by atoms with E-state index in [2.05, 4.69) is 42.9 Å². The maximum atomic E-state index is 5.27. The van der Waals surface area contributed by atoms with Gasteiger partial charge < -0.3 is 15.8 Å². The number of nitrogens with zero attached hydrogens (tertiary/aromatic N) is 1. The molecule has 4 nitrogen and oxygen atoms in total. The van der Waals surface area contributed by atoms with Gasteiger partial charge >= 0.3 is 0 Å². The highest BCUT2D eigenvalue weighted by molar-refractivity contribution is 5.16. The van der Waals surface area contributed by atoms with Crippen LogP contribution in [-0.4, -0.2) is 38.3 Å². The Hall–Kier alpha value is -0.970. The fraction of sp³-hybridized carbons (Fsp3) is 0.688. The van der Waals surface area contributed by atoms with Gasteiger partial charge in [0.05, 0.1) is 13.2 Å². The predicted molar refractivity (Wildman–Crippen MR) is 83.8 cm³/mol. The van der Waals surface area contributed by atoms with Gasteiger partial charge in [0.2, 0.25) is 0 Å². The van der Waals surface area contributed by atoms with Crippen molar-refractivity contribution in [1.29, 1.82) is 0 Å². The predicted octanol–water partition coefficient (Wildman–Crippen LogP) is 1.94. The van der Waals surface area contributed by atoms with E-state index >= 15 is 0 Å².